The summed E-state index contributed by atoms with van der Waals surface area (Å²) in [6, 6.07) is 0. The molecule has 0 aromatic carbocycles. The Morgan fingerprint density at radius 3 is 2.04 bits per heavy atom. The predicted octanol–water partition coefficient (Wildman–Crippen LogP) is 3.62. The highest BCUT2D eigenvalue weighted by Gasteiger charge is 2.15. The van der Waals surface area contributed by atoms with Crippen LogP contribution in [-0.4, -0.2) is 28.2 Å². The van der Waals surface area contributed by atoms with Gasteiger partial charge < -0.3 is 15.9 Å². The summed E-state index contributed by atoms with van der Waals surface area (Å²) >= 11 is 0. The van der Waals surface area contributed by atoms with E-state index in [9.17, 15) is 14.7 Å². The molecule has 4 N–H and O–H groups in total. The number of carboxylic acid groups (broad SMARTS) is 1. The molecule has 5 nitrogen and oxygen atoms in total. The standard InChI is InChI=1S/C18H35NO4/c1-2-3-6-12-16(20)13-9-11-15(18(19)23)10-7-4-5-8-14-17(21)22/h15-16,20H,2-14H2,1H3,(H2,19,23)(H,21,22)/t15?,16-/m1/s1. The van der Waals surface area contributed by atoms with Gasteiger partial charge in [0.05, 0.1) is 6.10 Å². The molecule has 0 aliphatic carbocycles. The predicted molar refractivity (Wildman–Crippen MR) is 92.0 cm³/mol. The van der Waals surface area contributed by atoms with Crippen molar-refractivity contribution in [3.05, 3.63) is 0 Å². The minimum absolute atomic E-state index is 0.114. The Bertz CT molecular complexity index is 320. The normalized spacial score (nSPS) is 13.7. The number of carbonyl (C=O) groups excluding carboxylic acids is 1. The molecule has 1 unspecified atom stereocenters. The van der Waals surface area contributed by atoms with Gasteiger partial charge in [0.25, 0.3) is 0 Å². The molecule has 0 aliphatic heterocycles. The van der Waals surface area contributed by atoms with Gasteiger partial charge in [0, 0.05) is 12.3 Å². The largest absolute Gasteiger partial charge is 0.481 e. The van der Waals surface area contributed by atoms with Crippen molar-refractivity contribution < 1.29 is 19.8 Å². The Morgan fingerprint density at radius 1 is 0.870 bits per heavy atom. The number of aliphatic hydroxyl groups excluding tert-OH is 1. The van der Waals surface area contributed by atoms with Crippen molar-refractivity contribution in [2.75, 3.05) is 0 Å². The lowest BCUT2D eigenvalue weighted by molar-refractivity contribution is -0.137. The third-order valence-corrected chi connectivity index (χ3v) is 4.33. The fourth-order valence-corrected chi connectivity index (χ4v) is 2.82. The van der Waals surface area contributed by atoms with E-state index >= 15 is 0 Å². The van der Waals surface area contributed by atoms with Crippen LogP contribution < -0.4 is 5.73 Å². The number of carboxylic acids is 1. The molecule has 136 valence electrons. The van der Waals surface area contributed by atoms with Gasteiger partial charge in [-0.1, -0.05) is 51.9 Å². The summed E-state index contributed by atoms with van der Waals surface area (Å²) in [5.74, 6) is -1.12. The summed E-state index contributed by atoms with van der Waals surface area (Å²) < 4.78 is 0. The lowest BCUT2D eigenvalue weighted by Gasteiger charge is -2.15. The lowest BCUT2D eigenvalue weighted by atomic mass is 9.93. The highest BCUT2D eigenvalue weighted by atomic mass is 16.4. The molecule has 0 spiro atoms. The van der Waals surface area contributed by atoms with Crippen LogP contribution in [0, 0.1) is 5.92 Å². The number of aliphatic carboxylic acids is 1. The highest BCUT2D eigenvalue weighted by molar-refractivity contribution is 5.76. The number of primary amides is 1. The van der Waals surface area contributed by atoms with Gasteiger partial charge in [-0.05, 0) is 32.1 Å². The van der Waals surface area contributed by atoms with E-state index in [1.807, 2.05) is 0 Å². The summed E-state index contributed by atoms with van der Waals surface area (Å²) in [5.41, 5.74) is 5.45. The second kappa shape index (κ2) is 14.5. The summed E-state index contributed by atoms with van der Waals surface area (Å²) in [6.45, 7) is 2.14. The van der Waals surface area contributed by atoms with E-state index in [2.05, 4.69) is 6.92 Å². The molecule has 0 fully saturated rings. The molecule has 2 atom stereocenters. The van der Waals surface area contributed by atoms with Gasteiger partial charge in [-0.2, -0.15) is 0 Å². The van der Waals surface area contributed by atoms with Gasteiger partial charge in [0.2, 0.25) is 5.91 Å². The highest BCUT2D eigenvalue weighted by Crippen LogP contribution is 2.19. The van der Waals surface area contributed by atoms with E-state index in [1.54, 1.807) is 0 Å². The average Bonchev–Trinajstić information content (AvgIpc) is 2.48. The molecule has 0 saturated heterocycles. The first-order valence-electron chi connectivity index (χ1n) is 9.16. The maximum atomic E-state index is 11.5. The van der Waals surface area contributed by atoms with Crippen molar-refractivity contribution in [3.8, 4) is 0 Å². The maximum absolute atomic E-state index is 11.5. The molecule has 0 bridgehead atoms. The van der Waals surface area contributed by atoms with Crippen molar-refractivity contribution in [2.24, 2.45) is 11.7 Å². The fourth-order valence-electron chi connectivity index (χ4n) is 2.82. The number of nitrogens with two attached hydrogens (primary N) is 1. The van der Waals surface area contributed by atoms with E-state index in [0.717, 1.165) is 70.6 Å². The zero-order valence-corrected chi connectivity index (χ0v) is 14.6. The summed E-state index contributed by atoms with van der Waals surface area (Å²) in [6.07, 6.45) is 10.7. The molecule has 0 radical (unpaired) electrons. The minimum atomic E-state index is -0.752. The fraction of sp³-hybridized carbons (Fsp3) is 0.889. The molecular weight excluding hydrogens is 294 g/mol. The number of unbranched alkanes of at least 4 members (excludes halogenated alkanes) is 5. The van der Waals surface area contributed by atoms with E-state index in [-0.39, 0.29) is 24.3 Å². The molecule has 0 saturated carbocycles. The topological polar surface area (TPSA) is 101 Å². The summed E-state index contributed by atoms with van der Waals surface area (Å²) in [5, 5.41) is 18.4. The Kier molecular flexibility index (Phi) is 13.8. The molecule has 0 rings (SSSR count). The minimum Gasteiger partial charge on any atom is -0.481 e. The van der Waals surface area contributed by atoms with E-state index < -0.39 is 5.97 Å². The smallest absolute Gasteiger partial charge is 0.303 e. The van der Waals surface area contributed by atoms with Crippen molar-refractivity contribution in [1.29, 1.82) is 0 Å². The number of hydrogen-bond acceptors (Lipinski definition) is 3. The second-order valence-corrected chi connectivity index (χ2v) is 6.53. The zero-order chi connectivity index (χ0) is 17.5. The Morgan fingerprint density at radius 2 is 1.43 bits per heavy atom. The van der Waals surface area contributed by atoms with E-state index in [4.69, 9.17) is 10.8 Å². The first-order chi connectivity index (χ1) is 11.0. The molecule has 0 aromatic heterocycles. The quantitative estimate of drug-likeness (QED) is 0.376. The van der Waals surface area contributed by atoms with Crippen molar-refractivity contribution >= 4 is 11.9 Å². The number of rotatable bonds is 16. The average molecular weight is 329 g/mol. The van der Waals surface area contributed by atoms with Crippen LogP contribution in [0.3, 0.4) is 0 Å². The van der Waals surface area contributed by atoms with Crippen LogP contribution in [0.5, 0.6) is 0 Å². The first-order valence-corrected chi connectivity index (χ1v) is 9.16. The van der Waals surface area contributed by atoms with Gasteiger partial charge in [0.1, 0.15) is 0 Å². The number of aliphatic hydroxyl groups is 1. The third-order valence-electron chi connectivity index (χ3n) is 4.33. The Balaban J connectivity index is 3.73. The maximum Gasteiger partial charge on any atom is 0.303 e. The Hall–Kier alpha value is -1.10. The monoisotopic (exact) mass is 329 g/mol. The number of amides is 1. The summed E-state index contributed by atoms with van der Waals surface area (Å²) in [7, 11) is 0. The van der Waals surface area contributed by atoms with E-state index in [1.165, 1.54) is 0 Å². The molecule has 5 heteroatoms. The van der Waals surface area contributed by atoms with Crippen LogP contribution in [0.4, 0.5) is 0 Å². The van der Waals surface area contributed by atoms with E-state index in [0.29, 0.717) is 6.42 Å². The van der Waals surface area contributed by atoms with Crippen molar-refractivity contribution in [3.63, 3.8) is 0 Å². The van der Waals surface area contributed by atoms with Crippen LogP contribution in [0.25, 0.3) is 0 Å². The van der Waals surface area contributed by atoms with Crippen LogP contribution in [-0.2, 0) is 9.59 Å². The van der Waals surface area contributed by atoms with Gasteiger partial charge in [-0.15, -0.1) is 0 Å². The lowest BCUT2D eigenvalue weighted by Crippen LogP contribution is -2.23. The summed E-state index contributed by atoms with van der Waals surface area (Å²) in [4.78, 5) is 21.9. The van der Waals surface area contributed by atoms with Gasteiger partial charge in [-0.25, -0.2) is 0 Å². The molecule has 23 heavy (non-hydrogen) atoms. The molecule has 1 amide bonds. The van der Waals surface area contributed by atoms with Crippen molar-refractivity contribution in [2.45, 2.75) is 96.5 Å². The molecular formula is C18H35NO4. The van der Waals surface area contributed by atoms with Crippen LogP contribution >= 0.6 is 0 Å². The first kappa shape index (κ1) is 21.9. The van der Waals surface area contributed by atoms with Crippen LogP contribution in [0.15, 0.2) is 0 Å². The number of carbonyl (C=O) groups is 2. The Labute approximate surface area is 140 Å². The van der Waals surface area contributed by atoms with Gasteiger partial charge in [-0.3, -0.25) is 9.59 Å². The van der Waals surface area contributed by atoms with Crippen LogP contribution in [0.1, 0.15) is 90.4 Å². The van der Waals surface area contributed by atoms with Crippen LogP contribution in [0.2, 0.25) is 0 Å². The van der Waals surface area contributed by atoms with Crippen molar-refractivity contribution in [1.82, 2.24) is 0 Å². The number of hydrogen-bond donors (Lipinski definition) is 3. The molecule has 0 aromatic rings. The molecule has 0 aliphatic rings. The third kappa shape index (κ3) is 14.2. The van der Waals surface area contributed by atoms with Gasteiger partial charge >= 0.3 is 5.97 Å². The second-order valence-electron chi connectivity index (χ2n) is 6.53. The zero-order valence-electron chi connectivity index (χ0n) is 14.6. The van der Waals surface area contributed by atoms with Gasteiger partial charge in [0.15, 0.2) is 0 Å². The SMILES string of the molecule is CCCCC[C@@H](O)CCCC(CCCCCCC(=O)O)C(N)=O. The molecule has 0 heterocycles.